The number of carbonyl (C=O) groups is 2. The van der Waals surface area contributed by atoms with Crippen molar-refractivity contribution < 1.29 is 18.7 Å². The number of hydrogen-bond acceptors (Lipinski definition) is 6. The van der Waals surface area contributed by atoms with Crippen molar-refractivity contribution in [1.82, 2.24) is 10.2 Å². The van der Waals surface area contributed by atoms with Crippen LogP contribution in [0.15, 0.2) is 82.8 Å². The molecular formula is C28H25FN4O3S. The molecule has 0 saturated heterocycles. The summed E-state index contributed by atoms with van der Waals surface area (Å²) in [6.07, 6.45) is 0.457. The van der Waals surface area contributed by atoms with Crippen LogP contribution in [-0.4, -0.2) is 40.9 Å². The molecule has 3 aromatic rings. The zero-order chi connectivity index (χ0) is 25.8. The van der Waals surface area contributed by atoms with Gasteiger partial charge in [0, 0.05) is 24.3 Å². The fraction of sp³-hybridized carbons (Fsp3) is 0.214. The third-order valence-electron chi connectivity index (χ3n) is 6.10. The molecule has 0 aliphatic carbocycles. The predicted octanol–water partition coefficient (Wildman–Crippen LogP) is 4.82. The summed E-state index contributed by atoms with van der Waals surface area (Å²) in [5, 5.41) is 3.39. The number of aliphatic imine (C=N–C) groups is 2. The van der Waals surface area contributed by atoms with Crippen LogP contribution in [0.3, 0.4) is 0 Å². The number of carbonyl (C=O) groups excluding carboxylic acids is 2. The number of amides is 2. The normalized spacial score (nSPS) is 16.0. The van der Waals surface area contributed by atoms with Crippen LogP contribution in [0.5, 0.6) is 5.75 Å². The average Bonchev–Trinajstić information content (AvgIpc) is 3.26. The number of fused-ring (bicyclic) bond motifs is 3. The van der Waals surface area contributed by atoms with Crippen LogP contribution >= 0.6 is 11.8 Å². The summed E-state index contributed by atoms with van der Waals surface area (Å²) in [4.78, 5) is 36.8. The van der Waals surface area contributed by atoms with Gasteiger partial charge < -0.3 is 10.1 Å². The van der Waals surface area contributed by atoms with Crippen molar-refractivity contribution >= 4 is 40.3 Å². The molecule has 0 radical (unpaired) electrons. The van der Waals surface area contributed by atoms with E-state index in [1.165, 1.54) is 28.8 Å². The zero-order valence-electron chi connectivity index (χ0n) is 20.2. The summed E-state index contributed by atoms with van der Waals surface area (Å²) in [5.41, 5.74) is 3.25. The fourth-order valence-corrected chi connectivity index (χ4v) is 5.11. The van der Waals surface area contributed by atoms with Gasteiger partial charge in [0.15, 0.2) is 5.17 Å². The van der Waals surface area contributed by atoms with Crippen LogP contribution in [0, 0.1) is 5.82 Å². The Morgan fingerprint density at radius 1 is 1.08 bits per heavy atom. The summed E-state index contributed by atoms with van der Waals surface area (Å²) in [6.45, 7) is 0.392. The molecule has 1 atom stereocenters. The molecule has 9 heteroatoms. The minimum absolute atomic E-state index is 0.150. The van der Waals surface area contributed by atoms with Crippen molar-refractivity contribution in [2.75, 3.05) is 7.11 Å². The number of nitrogens with one attached hydrogen (secondary N) is 1. The molecule has 188 valence electrons. The molecule has 0 saturated carbocycles. The number of amidine groups is 2. The Morgan fingerprint density at radius 3 is 2.68 bits per heavy atom. The van der Waals surface area contributed by atoms with Gasteiger partial charge >= 0.3 is 0 Å². The summed E-state index contributed by atoms with van der Waals surface area (Å²) in [5.74, 6) is 1.08. The summed E-state index contributed by atoms with van der Waals surface area (Å²) in [7, 11) is 1.60. The second-order valence-corrected chi connectivity index (χ2v) is 9.58. The van der Waals surface area contributed by atoms with Gasteiger partial charge in [-0.2, -0.15) is 0 Å². The monoisotopic (exact) mass is 516 g/mol. The number of ether oxygens (including phenoxy) is 1. The summed E-state index contributed by atoms with van der Waals surface area (Å²) < 4.78 is 18.8. The van der Waals surface area contributed by atoms with Gasteiger partial charge in [-0.1, -0.05) is 48.2 Å². The van der Waals surface area contributed by atoms with E-state index in [1.807, 2.05) is 54.6 Å². The van der Waals surface area contributed by atoms with Gasteiger partial charge in [-0.3, -0.25) is 14.6 Å². The smallest absolute Gasteiger partial charge is 0.259 e. The second kappa shape index (κ2) is 11.0. The van der Waals surface area contributed by atoms with Gasteiger partial charge in [0.05, 0.1) is 12.8 Å². The molecule has 2 aliphatic heterocycles. The van der Waals surface area contributed by atoms with E-state index in [0.29, 0.717) is 23.3 Å². The molecule has 2 amide bonds. The number of halogens is 1. The molecule has 0 spiro atoms. The first-order valence-electron chi connectivity index (χ1n) is 11.9. The number of methoxy groups -OCH3 is 1. The second-order valence-electron chi connectivity index (χ2n) is 8.64. The molecular weight excluding hydrogens is 491 g/mol. The lowest BCUT2D eigenvalue weighted by Gasteiger charge is -2.25. The van der Waals surface area contributed by atoms with Gasteiger partial charge in [0.1, 0.15) is 23.4 Å². The fourth-order valence-electron chi connectivity index (χ4n) is 4.16. The van der Waals surface area contributed by atoms with Crippen LogP contribution in [0.2, 0.25) is 0 Å². The van der Waals surface area contributed by atoms with Crippen LogP contribution in [0.25, 0.3) is 0 Å². The summed E-state index contributed by atoms with van der Waals surface area (Å²) in [6, 6.07) is 20.7. The van der Waals surface area contributed by atoms with E-state index in [9.17, 15) is 14.0 Å². The molecule has 3 aromatic carbocycles. The highest BCUT2D eigenvalue weighted by Gasteiger charge is 2.41. The maximum absolute atomic E-state index is 13.6. The third-order valence-corrected chi connectivity index (χ3v) is 7.11. The average molecular weight is 517 g/mol. The zero-order valence-corrected chi connectivity index (χ0v) is 21.0. The van der Waals surface area contributed by atoms with Crippen molar-refractivity contribution in [2.24, 2.45) is 9.98 Å². The summed E-state index contributed by atoms with van der Waals surface area (Å²) >= 11 is 1.36. The Hall–Kier alpha value is -3.98. The Balaban J connectivity index is 1.25. The van der Waals surface area contributed by atoms with E-state index in [0.717, 1.165) is 28.1 Å². The van der Waals surface area contributed by atoms with Crippen molar-refractivity contribution in [2.45, 2.75) is 31.2 Å². The SMILES string of the molecule is COc1ccc(CNC(=O)CC[C@@H]2N=C3c4ccccc4N=C(SCc4cccc(F)c4)N3C2=O)cc1. The molecule has 37 heavy (non-hydrogen) atoms. The van der Waals surface area contributed by atoms with Crippen LogP contribution in [0.4, 0.5) is 10.1 Å². The molecule has 0 unspecified atom stereocenters. The van der Waals surface area contributed by atoms with Gasteiger partial charge in [0.2, 0.25) is 5.91 Å². The van der Waals surface area contributed by atoms with E-state index in [4.69, 9.17) is 14.7 Å². The minimum atomic E-state index is -0.673. The van der Waals surface area contributed by atoms with Gasteiger partial charge in [-0.25, -0.2) is 14.3 Å². The van der Waals surface area contributed by atoms with Crippen molar-refractivity contribution in [3.63, 3.8) is 0 Å². The lowest BCUT2D eigenvalue weighted by molar-refractivity contribution is -0.125. The van der Waals surface area contributed by atoms with E-state index in [1.54, 1.807) is 13.2 Å². The minimum Gasteiger partial charge on any atom is -0.497 e. The van der Waals surface area contributed by atoms with Gasteiger partial charge in [0.25, 0.3) is 5.91 Å². The van der Waals surface area contributed by atoms with E-state index in [-0.39, 0.29) is 30.5 Å². The van der Waals surface area contributed by atoms with E-state index in [2.05, 4.69) is 5.32 Å². The van der Waals surface area contributed by atoms with Crippen molar-refractivity contribution in [3.8, 4) is 5.75 Å². The third kappa shape index (κ3) is 5.56. The molecule has 1 N–H and O–H groups in total. The Bertz CT molecular complexity index is 1390. The molecule has 5 rings (SSSR count). The quantitative estimate of drug-likeness (QED) is 0.465. The van der Waals surface area contributed by atoms with Crippen molar-refractivity contribution in [3.05, 3.63) is 95.3 Å². The molecule has 7 nitrogen and oxygen atoms in total. The van der Waals surface area contributed by atoms with Crippen LogP contribution in [-0.2, 0) is 21.9 Å². The topological polar surface area (TPSA) is 83.4 Å². The maximum atomic E-state index is 13.6. The first-order valence-corrected chi connectivity index (χ1v) is 12.9. The first-order chi connectivity index (χ1) is 18.0. The number of rotatable bonds is 8. The number of para-hydroxylation sites is 1. The predicted molar refractivity (Wildman–Crippen MR) is 142 cm³/mol. The number of hydrogen-bond donors (Lipinski definition) is 1. The molecule has 0 aromatic heterocycles. The Morgan fingerprint density at radius 2 is 1.89 bits per heavy atom. The number of nitrogens with zero attached hydrogens (tertiary/aromatic N) is 3. The highest BCUT2D eigenvalue weighted by Crippen LogP contribution is 2.35. The first kappa shape index (κ1) is 24.7. The largest absolute Gasteiger partial charge is 0.497 e. The highest BCUT2D eigenvalue weighted by molar-refractivity contribution is 8.13. The van der Waals surface area contributed by atoms with Gasteiger partial charge in [-0.05, 0) is 53.9 Å². The van der Waals surface area contributed by atoms with Crippen LogP contribution < -0.4 is 10.1 Å². The van der Waals surface area contributed by atoms with E-state index >= 15 is 0 Å². The maximum Gasteiger partial charge on any atom is 0.259 e. The van der Waals surface area contributed by atoms with Crippen molar-refractivity contribution in [1.29, 1.82) is 0 Å². The standard InChI is InChI=1S/C28H25FN4O3S/c1-36-21-11-9-18(10-12-21)16-30-25(34)14-13-24-27(35)33-26(31-24)22-7-2-3-8-23(22)32-28(33)37-17-19-5-4-6-20(29)15-19/h2-12,15,24H,13-14,16-17H2,1H3,(H,30,34)/t24-/m0/s1. The highest BCUT2D eigenvalue weighted by atomic mass is 32.2. The Labute approximate surface area is 218 Å². The van der Waals surface area contributed by atoms with E-state index < -0.39 is 6.04 Å². The number of benzene rings is 3. The Kier molecular flexibility index (Phi) is 7.32. The van der Waals surface area contributed by atoms with Gasteiger partial charge in [-0.15, -0.1) is 0 Å². The molecule has 0 bridgehead atoms. The molecule has 2 heterocycles. The van der Waals surface area contributed by atoms with Crippen LogP contribution in [0.1, 0.15) is 29.5 Å². The molecule has 0 fully saturated rings. The lowest BCUT2D eigenvalue weighted by atomic mass is 10.1. The number of thioether (sulfide) groups is 1. The lowest BCUT2D eigenvalue weighted by Crippen LogP contribution is -2.41. The molecule has 2 aliphatic rings.